The van der Waals surface area contributed by atoms with Gasteiger partial charge in [-0.2, -0.15) is 4.31 Å². The number of para-hydroxylation sites is 2. The third-order valence-corrected chi connectivity index (χ3v) is 7.50. The lowest BCUT2D eigenvalue weighted by atomic mass is 10.0. The van der Waals surface area contributed by atoms with E-state index in [9.17, 15) is 13.2 Å². The number of fused-ring (bicyclic) bond motifs is 1. The highest BCUT2D eigenvalue weighted by Crippen LogP contribution is 2.24. The minimum absolute atomic E-state index is 0.0763. The van der Waals surface area contributed by atoms with E-state index in [0.29, 0.717) is 30.0 Å². The van der Waals surface area contributed by atoms with Gasteiger partial charge in [-0.3, -0.25) is 4.79 Å². The molecule has 0 fully saturated rings. The van der Waals surface area contributed by atoms with Crippen molar-refractivity contribution in [2.75, 3.05) is 13.1 Å². The van der Waals surface area contributed by atoms with Crippen molar-refractivity contribution in [1.29, 1.82) is 0 Å². The van der Waals surface area contributed by atoms with Crippen molar-refractivity contribution in [3.63, 3.8) is 0 Å². The molecule has 0 spiro atoms. The smallest absolute Gasteiger partial charge is 0.252 e. The summed E-state index contributed by atoms with van der Waals surface area (Å²) in [6.45, 7) is 10.1. The highest BCUT2D eigenvalue weighted by atomic mass is 32.2. The molecule has 0 aliphatic rings. The first kappa shape index (κ1) is 23.0. The number of benzene rings is 2. The molecule has 2 N–H and O–H groups in total. The first-order valence-electron chi connectivity index (χ1n) is 10.5. The van der Waals surface area contributed by atoms with Gasteiger partial charge in [0.15, 0.2) is 0 Å². The van der Waals surface area contributed by atoms with Crippen molar-refractivity contribution >= 4 is 27.0 Å². The summed E-state index contributed by atoms with van der Waals surface area (Å²) in [6, 6.07) is 12.1. The van der Waals surface area contributed by atoms with Crippen molar-refractivity contribution in [2.45, 2.75) is 45.6 Å². The number of nitrogens with one attached hydrogen (secondary N) is 2. The number of nitrogens with zero attached hydrogens (tertiary/aromatic N) is 2. The Hall–Kier alpha value is -2.71. The van der Waals surface area contributed by atoms with Crippen molar-refractivity contribution in [2.24, 2.45) is 5.92 Å². The van der Waals surface area contributed by atoms with Gasteiger partial charge in [-0.05, 0) is 42.7 Å². The van der Waals surface area contributed by atoms with Gasteiger partial charge in [0, 0.05) is 18.7 Å². The largest absolute Gasteiger partial charge is 0.342 e. The number of sulfonamides is 1. The van der Waals surface area contributed by atoms with Gasteiger partial charge in [0.25, 0.3) is 5.91 Å². The van der Waals surface area contributed by atoms with Gasteiger partial charge in [0.1, 0.15) is 5.82 Å². The molecule has 8 heteroatoms. The first-order chi connectivity index (χ1) is 14.7. The molecule has 1 unspecified atom stereocenters. The molecule has 1 heterocycles. The number of carbonyl (C=O) groups is 1. The lowest BCUT2D eigenvalue weighted by molar-refractivity contribution is 0.0922. The number of aromatic amines is 1. The Labute approximate surface area is 183 Å². The molecule has 166 valence electrons. The Morgan fingerprint density at radius 2 is 1.81 bits per heavy atom. The zero-order valence-corrected chi connectivity index (χ0v) is 19.5. The van der Waals surface area contributed by atoms with Crippen LogP contribution in [0.25, 0.3) is 11.0 Å². The fourth-order valence-corrected chi connectivity index (χ4v) is 5.09. The number of hydrogen-bond donors (Lipinski definition) is 2. The van der Waals surface area contributed by atoms with E-state index in [2.05, 4.69) is 15.3 Å². The minimum Gasteiger partial charge on any atom is -0.342 e. The minimum atomic E-state index is -3.65. The summed E-state index contributed by atoms with van der Waals surface area (Å²) in [5.41, 5.74) is 2.79. The van der Waals surface area contributed by atoms with Crippen molar-refractivity contribution in [1.82, 2.24) is 19.6 Å². The maximum absolute atomic E-state index is 13.2. The molecule has 0 aliphatic carbocycles. The second-order valence-corrected chi connectivity index (χ2v) is 9.84. The van der Waals surface area contributed by atoms with Gasteiger partial charge in [-0.15, -0.1) is 0 Å². The molecule has 3 rings (SSSR count). The Balaban J connectivity index is 1.94. The molecule has 3 aromatic rings. The van der Waals surface area contributed by atoms with E-state index in [1.165, 1.54) is 10.4 Å². The summed E-state index contributed by atoms with van der Waals surface area (Å²) in [5, 5.41) is 3.05. The molecule has 7 nitrogen and oxygen atoms in total. The summed E-state index contributed by atoms with van der Waals surface area (Å²) >= 11 is 0. The maximum Gasteiger partial charge on any atom is 0.252 e. The summed E-state index contributed by atoms with van der Waals surface area (Å²) < 4.78 is 27.2. The molecule has 0 radical (unpaired) electrons. The van der Waals surface area contributed by atoms with Gasteiger partial charge in [-0.25, -0.2) is 13.4 Å². The van der Waals surface area contributed by atoms with Crippen molar-refractivity contribution in [3.8, 4) is 0 Å². The number of H-pyrrole nitrogens is 1. The van der Waals surface area contributed by atoms with E-state index >= 15 is 0 Å². The number of carbonyl (C=O) groups excluding carboxylic acids is 1. The monoisotopic (exact) mass is 442 g/mol. The van der Waals surface area contributed by atoms with Crippen LogP contribution in [0.15, 0.2) is 47.4 Å². The molecule has 1 atom stereocenters. The van der Waals surface area contributed by atoms with Crippen LogP contribution in [0, 0.1) is 12.8 Å². The van der Waals surface area contributed by atoms with Crippen LogP contribution in [0.4, 0.5) is 0 Å². The van der Waals surface area contributed by atoms with E-state index in [-0.39, 0.29) is 22.8 Å². The van der Waals surface area contributed by atoms with Gasteiger partial charge in [0.2, 0.25) is 10.0 Å². The normalized spacial score (nSPS) is 13.1. The Morgan fingerprint density at radius 1 is 1.13 bits per heavy atom. The maximum atomic E-state index is 13.2. The van der Waals surface area contributed by atoms with Crippen LogP contribution in [0.2, 0.25) is 0 Å². The molecule has 31 heavy (non-hydrogen) atoms. The molecule has 1 amide bonds. The number of aryl methyl sites for hydroxylation is 1. The van der Waals surface area contributed by atoms with Crippen molar-refractivity contribution in [3.05, 3.63) is 59.4 Å². The number of rotatable bonds is 8. The van der Waals surface area contributed by atoms with Crippen LogP contribution < -0.4 is 5.32 Å². The second kappa shape index (κ2) is 9.20. The quantitative estimate of drug-likeness (QED) is 0.551. The van der Waals surface area contributed by atoms with E-state index in [1.807, 2.05) is 38.1 Å². The number of amides is 1. The van der Waals surface area contributed by atoms with Crippen LogP contribution in [0.1, 0.15) is 55.5 Å². The van der Waals surface area contributed by atoms with Gasteiger partial charge in [0.05, 0.1) is 22.0 Å². The predicted molar refractivity (Wildman–Crippen MR) is 122 cm³/mol. The molecule has 0 bridgehead atoms. The summed E-state index contributed by atoms with van der Waals surface area (Å²) in [7, 11) is -3.65. The van der Waals surface area contributed by atoms with Crippen LogP contribution in [0.5, 0.6) is 0 Å². The molecule has 2 aromatic carbocycles. The number of aromatic nitrogens is 2. The molecular weight excluding hydrogens is 412 g/mol. The molecular formula is C23H30N4O3S. The first-order valence-corrected chi connectivity index (χ1v) is 12.0. The fourth-order valence-electron chi connectivity index (χ4n) is 3.61. The highest BCUT2D eigenvalue weighted by Gasteiger charge is 2.26. The lowest BCUT2D eigenvalue weighted by Crippen LogP contribution is -2.33. The van der Waals surface area contributed by atoms with Gasteiger partial charge in [-0.1, -0.05) is 45.9 Å². The Bertz CT molecular complexity index is 1150. The Morgan fingerprint density at radius 3 is 2.42 bits per heavy atom. The van der Waals surface area contributed by atoms with Crippen molar-refractivity contribution < 1.29 is 13.2 Å². The van der Waals surface area contributed by atoms with Gasteiger partial charge >= 0.3 is 0 Å². The zero-order valence-electron chi connectivity index (χ0n) is 18.6. The topological polar surface area (TPSA) is 95.2 Å². The van der Waals surface area contributed by atoms with Crippen LogP contribution in [-0.2, 0) is 10.0 Å². The van der Waals surface area contributed by atoms with E-state index in [1.54, 1.807) is 32.9 Å². The SMILES string of the molecule is CCN(CC)S(=O)(=O)c1ccc(C)c(C(=O)NC(c2nc3ccccc3[nH]2)C(C)C)c1. The standard InChI is InChI=1S/C23H30N4O3S/c1-6-27(7-2)31(29,30)17-13-12-16(5)18(14-17)23(28)26-21(15(3)4)22-24-19-10-8-9-11-20(19)25-22/h8-15,21H,6-7H2,1-5H3,(H,24,25)(H,26,28). The molecule has 0 saturated heterocycles. The van der Waals surface area contributed by atoms with Gasteiger partial charge < -0.3 is 10.3 Å². The predicted octanol–water partition coefficient (Wildman–Crippen LogP) is 4.03. The average Bonchev–Trinajstić information content (AvgIpc) is 3.16. The Kier molecular flexibility index (Phi) is 6.81. The number of imidazole rings is 1. The van der Waals surface area contributed by atoms with Crippen LogP contribution >= 0.6 is 0 Å². The van der Waals surface area contributed by atoms with Crippen LogP contribution in [0.3, 0.4) is 0 Å². The third-order valence-electron chi connectivity index (χ3n) is 5.45. The zero-order chi connectivity index (χ0) is 22.8. The third kappa shape index (κ3) is 4.65. The number of hydrogen-bond acceptors (Lipinski definition) is 4. The second-order valence-electron chi connectivity index (χ2n) is 7.90. The highest BCUT2D eigenvalue weighted by molar-refractivity contribution is 7.89. The molecule has 1 aromatic heterocycles. The summed E-state index contributed by atoms with van der Waals surface area (Å²) in [4.78, 5) is 21.2. The summed E-state index contributed by atoms with van der Waals surface area (Å²) in [6.07, 6.45) is 0. The average molecular weight is 443 g/mol. The van der Waals surface area contributed by atoms with E-state index < -0.39 is 10.0 Å². The van der Waals surface area contributed by atoms with E-state index in [4.69, 9.17) is 0 Å². The molecule has 0 aliphatic heterocycles. The lowest BCUT2D eigenvalue weighted by Gasteiger charge is -2.22. The van der Waals surface area contributed by atoms with E-state index in [0.717, 1.165) is 11.0 Å². The summed E-state index contributed by atoms with van der Waals surface area (Å²) in [5.74, 6) is 0.426. The molecule has 0 saturated carbocycles. The van der Waals surface area contributed by atoms with Crippen LogP contribution in [-0.4, -0.2) is 41.7 Å². The fraction of sp³-hybridized carbons (Fsp3) is 0.391.